The van der Waals surface area contributed by atoms with Gasteiger partial charge in [-0.15, -0.1) is 0 Å². The third-order valence-electron chi connectivity index (χ3n) is 3.54. The number of Topliss-reactive ketones (excluding diaryl/α,β-unsaturated/α-hetero) is 1. The van der Waals surface area contributed by atoms with Gasteiger partial charge < -0.3 is 4.74 Å². The third-order valence-corrected chi connectivity index (χ3v) is 3.54. The predicted molar refractivity (Wildman–Crippen MR) is 63.8 cm³/mol. The highest BCUT2D eigenvalue weighted by molar-refractivity contribution is 5.80. The predicted octanol–water partition coefficient (Wildman–Crippen LogP) is 3.10. The summed E-state index contributed by atoms with van der Waals surface area (Å²) in [5.74, 6) is 1.26. The van der Waals surface area contributed by atoms with Crippen LogP contribution in [-0.4, -0.2) is 12.9 Å². The third kappa shape index (κ3) is 2.11. The molecule has 0 aliphatic heterocycles. The van der Waals surface area contributed by atoms with Gasteiger partial charge in [-0.2, -0.15) is 0 Å². The van der Waals surface area contributed by atoms with Crippen LogP contribution < -0.4 is 4.74 Å². The fraction of sp³-hybridized carbons (Fsp3) is 0.500. The van der Waals surface area contributed by atoms with Crippen molar-refractivity contribution in [2.45, 2.75) is 38.0 Å². The SMILES string of the molecule is COc1cccc([C@]2(C)CCCC(=O)C2)c1. The average Bonchev–Trinajstić information content (AvgIpc) is 2.29. The van der Waals surface area contributed by atoms with Gasteiger partial charge in [-0.3, -0.25) is 4.79 Å². The van der Waals surface area contributed by atoms with Gasteiger partial charge in [0.25, 0.3) is 0 Å². The molecular weight excluding hydrogens is 200 g/mol. The lowest BCUT2D eigenvalue weighted by Crippen LogP contribution is -2.29. The molecule has 0 aromatic heterocycles. The first-order valence-corrected chi connectivity index (χ1v) is 5.80. The highest BCUT2D eigenvalue weighted by Gasteiger charge is 2.32. The topological polar surface area (TPSA) is 26.3 Å². The van der Waals surface area contributed by atoms with E-state index in [0.717, 1.165) is 25.0 Å². The summed E-state index contributed by atoms with van der Waals surface area (Å²) in [5.41, 5.74) is 1.23. The van der Waals surface area contributed by atoms with Gasteiger partial charge in [0.2, 0.25) is 0 Å². The van der Waals surface area contributed by atoms with Crippen LogP contribution in [0.4, 0.5) is 0 Å². The molecule has 0 unspecified atom stereocenters. The highest BCUT2D eigenvalue weighted by Crippen LogP contribution is 2.38. The summed E-state index contributed by atoms with van der Waals surface area (Å²) < 4.78 is 5.23. The lowest BCUT2D eigenvalue weighted by molar-refractivity contribution is -0.121. The van der Waals surface area contributed by atoms with Crippen LogP contribution in [-0.2, 0) is 10.2 Å². The molecule has 2 nitrogen and oxygen atoms in total. The quantitative estimate of drug-likeness (QED) is 0.762. The molecule has 1 atom stereocenters. The molecule has 0 bridgehead atoms. The van der Waals surface area contributed by atoms with Crippen LogP contribution in [0.15, 0.2) is 24.3 Å². The van der Waals surface area contributed by atoms with Gasteiger partial charge in [0.05, 0.1) is 7.11 Å². The largest absolute Gasteiger partial charge is 0.497 e. The van der Waals surface area contributed by atoms with Gasteiger partial charge in [-0.25, -0.2) is 0 Å². The summed E-state index contributed by atoms with van der Waals surface area (Å²) in [6.45, 7) is 2.18. The highest BCUT2D eigenvalue weighted by atomic mass is 16.5. The number of hydrogen-bond acceptors (Lipinski definition) is 2. The van der Waals surface area contributed by atoms with E-state index in [2.05, 4.69) is 19.1 Å². The Hall–Kier alpha value is -1.31. The maximum absolute atomic E-state index is 11.6. The van der Waals surface area contributed by atoms with E-state index in [1.54, 1.807) is 7.11 Å². The van der Waals surface area contributed by atoms with E-state index in [-0.39, 0.29) is 5.41 Å². The van der Waals surface area contributed by atoms with Crippen molar-refractivity contribution >= 4 is 5.78 Å². The molecule has 2 heteroatoms. The van der Waals surface area contributed by atoms with E-state index in [9.17, 15) is 4.79 Å². The molecule has 1 aliphatic carbocycles. The van der Waals surface area contributed by atoms with Crippen LogP contribution in [0.1, 0.15) is 38.2 Å². The maximum atomic E-state index is 11.6. The van der Waals surface area contributed by atoms with Crippen LogP contribution in [0.3, 0.4) is 0 Å². The smallest absolute Gasteiger partial charge is 0.133 e. The van der Waals surface area contributed by atoms with Crippen molar-refractivity contribution < 1.29 is 9.53 Å². The molecule has 16 heavy (non-hydrogen) atoms. The monoisotopic (exact) mass is 218 g/mol. The van der Waals surface area contributed by atoms with Gasteiger partial charge in [0.15, 0.2) is 0 Å². The number of methoxy groups -OCH3 is 1. The van der Waals surface area contributed by atoms with Crippen LogP contribution in [0.25, 0.3) is 0 Å². The fourth-order valence-corrected chi connectivity index (χ4v) is 2.53. The van der Waals surface area contributed by atoms with Crippen molar-refractivity contribution in [1.29, 1.82) is 0 Å². The van der Waals surface area contributed by atoms with E-state index in [1.165, 1.54) is 5.56 Å². The molecule has 1 aliphatic rings. The fourth-order valence-electron chi connectivity index (χ4n) is 2.53. The second kappa shape index (κ2) is 4.28. The number of benzene rings is 1. The Morgan fingerprint density at radius 3 is 2.88 bits per heavy atom. The number of carbonyl (C=O) groups is 1. The van der Waals surface area contributed by atoms with Gasteiger partial charge >= 0.3 is 0 Å². The Morgan fingerprint density at radius 1 is 1.38 bits per heavy atom. The molecule has 0 saturated heterocycles. The van der Waals surface area contributed by atoms with E-state index in [0.29, 0.717) is 12.2 Å². The minimum atomic E-state index is 0.00384. The van der Waals surface area contributed by atoms with Crippen LogP contribution >= 0.6 is 0 Å². The lowest BCUT2D eigenvalue weighted by Gasteiger charge is -2.33. The number of carbonyl (C=O) groups excluding carboxylic acids is 1. The van der Waals surface area contributed by atoms with Crippen LogP contribution in [0.2, 0.25) is 0 Å². The molecule has 0 N–H and O–H groups in total. The van der Waals surface area contributed by atoms with Crippen molar-refractivity contribution in [3.05, 3.63) is 29.8 Å². The van der Waals surface area contributed by atoms with E-state index < -0.39 is 0 Å². The summed E-state index contributed by atoms with van der Waals surface area (Å²) in [6.07, 6.45) is 3.51. The molecule has 1 aromatic carbocycles. The second-order valence-electron chi connectivity index (χ2n) is 4.86. The summed E-state index contributed by atoms with van der Waals surface area (Å²) >= 11 is 0. The molecular formula is C14H18O2. The zero-order valence-corrected chi connectivity index (χ0v) is 9.95. The van der Waals surface area contributed by atoms with E-state index in [1.807, 2.05) is 12.1 Å². The first-order valence-electron chi connectivity index (χ1n) is 5.80. The molecule has 1 saturated carbocycles. The molecule has 0 heterocycles. The van der Waals surface area contributed by atoms with Crippen molar-refractivity contribution in [3.63, 3.8) is 0 Å². The molecule has 0 radical (unpaired) electrons. The van der Waals surface area contributed by atoms with E-state index in [4.69, 9.17) is 4.74 Å². The van der Waals surface area contributed by atoms with Crippen molar-refractivity contribution in [2.24, 2.45) is 0 Å². The number of ketones is 1. The molecule has 1 fully saturated rings. The Morgan fingerprint density at radius 2 is 2.19 bits per heavy atom. The second-order valence-corrected chi connectivity index (χ2v) is 4.86. The molecule has 1 aromatic rings. The summed E-state index contributed by atoms with van der Waals surface area (Å²) in [6, 6.07) is 8.09. The Bertz CT molecular complexity index is 397. The molecule has 2 rings (SSSR count). The zero-order valence-electron chi connectivity index (χ0n) is 9.95. The van der Waals surface area contributed by atoms with Crippen LogP contribution in [0.5, 0.6) is 5.75 Å². The summed E-state index contributed by atoms with van der Waals surface area (Å²) in [7, 11) is 1.67. The summed E-state index contributed by atoms with van der Waals surface area (Å²) in [5, 5.41) is 0. The average molecular weight is 218 g/mol. The van der Waals surface area contributed by atoms with Gasteiger partial charge in [-0.1, -0.05) is 19.1 Å². The van der Waals surface area contributed by atoms with Crippen molar-refractivity contribution in [3.8, 4) is 5.75 Å². The van der Waals surface area contributed by atoms with E-state index >= 15 is 0 Å². The number of hydrogen-bond donors (Lipinski definition) is 0. The standard InChI is InChI=1S/C14H18O2/c1-14(8-4-6-12(15)10-14)11-5-3-7-13(9-11)16-2/h3,5,7,9H,4,6,8,10H2,1-2H3/t14-/m1/s1. The molecule has 86 valence electrons. The summed E-state index contributed by atoms with van der Waals surface area (Å²) in [4.78, 5) is 11.6. The van der Waals surface area contributed by atoms with Gasteiger partial charge in [0, 0.05) is 12.8 Å². The van der Waals surface area contributed by atoms with Gasteiger partial charge in [0.1, 0.15) is 11.5 Å². The maximum Gasteiger partial charge on any atom is 0.133 e. The Labute approximate surface area is 96.6 Å². The van der Waals surface area contributed by atoms with Crippen LogP contribution in [0, 0.1) is 0 Å². The molecule has 0 spiro atoms. The number of rotatable bonds is 2. The first kappa shape index (κ1) is 11.2. The zero-order chi connectivity index (χ0) is 11.6. The van der Waals surface area contributed by atoms with Crippen molar-refractivity contribution in [1.82, 2.24) is 0 Å². The molecule has 0 amide bonds. The minimum absolute atomic E-state index is 0.00384. The first-order chi connectivity index (χ1) is 7.64. The van der Waals surface area contributed by atoms with Gasteiger partial charge in [-0.05, 0) is 36.0 Å². The lowest BCUT2D eigenvalue weighted by atomic mass is 9.70. The Balaban J connectivity index is 2.30. The minimum Gasteiger partial charge on any atom is -0.497 e. The normalized spacial score (nSPS) is 25.5. The van der Waals surface area contributed by atoms with Crippen molar-refractivity contribution in [2.75, 3.05) is 7.11 Å². The Kier molecular flexibility index (Phi) is 2.99. The number of ether oxygens (including phenoxy) is 1.